The van der Waals surface area contributed by atoms with E-state index in [1.165, 1.54) is 41.3 Å². The number of thiazole rings is 1. The number of carbonyl (C=O) groups excluding carboxylic acids is 1. The molecule has 0 fully saturated rings. The highest BCUT2D eigenvalue weighted by molar-refractivity contribution is 14.1. The summed E-state index contributed by atoms with van der Waals surface area (Å²) in [7, 11) is 1.29. The molecule has 10 nitrogen and oxygen atoms in total. The highest BCUT2D eigenvalue weighted by Gasteiger charge is 2.31. The summed E-state index contributed by atoms with van der Waals surface area (Å²) >= 11 is 6.97. The van der Waals surface area contributed by atoms with E-state index in [1.54, 1.807) is 36.4 Å². The molecule has 238 valence electrons. The summed E-state index contributed by atoms with van der Waals surface area (Å²) in [6.45, 7) is 4.84. The lowest BCUT2D eigenvalue weighted by molar-refractivity contribution is -0.136. The van der Waals surface area contributed by atoms with Crippen molar-refractivity contribution < 1.29 is 33.6 Å². The van der Waals surface area contributed by atoms with E-state index in [0.717, 1.165) is 14.7 Å². The number of benzene rings is 3. The number of carboxylic acid groups (broad SMARTS) is 1. The van der Waals surface area contributed by atoms with Crippen molar-refractivity contribution in [3.05, 3.63) is 116 Å². The van der Waals surface area contributed by atoms with E-state index in [9.17, 15) is 14.4 Å². The summed E-state index contributed by atoms with van der Waals surface area (Å²) in [6, 6.07) is 14.8. The van der Waals surface area contributed by atoms with Crippen LogP contribution >= 0.6 is 49.9 Å². The molecule has 13 heteroatoms. The van der Waals surface area contributed by atoms with Crippen LogP contribution in [-0.2, 0) is 16.1 Å². The van der Waals surface area contributed by atoms with Crippen LogP contribution in [0.2, 0.25) is 0 Å². The van der Waals surface area contributed by atoms with Gasteiger partial charge in [0.25, 0.3) is 5.56 Å². The van der Waals surface area contributed by atoms with Crippen LogP contribution in [0.4, 0.5) is 0 Å². The molecule has 5 rings (SSSR count). The Morgan fingerprint density at radius 1 is 1.04 bits per heavy atom. The highest BCUT2D eigenvalue weighted by Crippen LogP contribution is 2.35. The number of carbonyl (C=O) groups is 2. The number of ether oxygens (including phenoxy) is 4. The van der Waals surface area contributed by atoms with Gasteiger partial charge < -0.3 is 24.1 Å². The number of esters is 1. The molecule has 0 spiro atoms. The summed E-state index contributed by atoms with van der Waals surface area (Å²) in [5, 5.41) is 9.12. The predicted octanol–water partition coefficient (Wildman–Crippen LogP) is 5.46. The summed E-state index contributed by atoms with van der Waals surface area (Å²) < 4.78 is 26.0. The Balaban J connectivity index is 1.51. The summed E-state index contributed by atoms with van der Waals surface area (Å²) in [5.74, 6) is 0.0997. The first-order chi connectivity index (χ1) is 22.1. The van der Waals surface area contributed by atoms with E-state index in [0.29, 0.717) is 49.8 Å². The zero-order valence-corrected chi connectivity index (χ0v) is 29.5. The van der Waals surface area contributed by atoms with Crippen LogP contribution in [0.15, 0.2) is 80.6 Å². The largest absolute Gasteiger partial charge is 0.490 e. The zero-order chi connectivity index (χ0) is 33.0. The number of rotatable bonds is 11. The fourth-order valence-electron chi connectivity index (χ4n) is 4.84. The van der Waals surface area contributed by atoms with Crippen molar-refractivity contribution in [1.82, 2.24) is 4.57 Å². The third-order valence-electron chi connectivity index (χ3n) is 6.91. The van der Waals surface area contributed by atoms with Crippen LogP contribution in [0.25, 0.3) is 6.08 Å². The second-order valence-electron chi connectivity index (χ2n) is 9.85. The maximum absolute atomic E-state index is 14.0. The van der Waals surface area contributed by atoms with Gasteiger partial charge in [0.15, 0.2) is 16.3 Å². The lowest BCUT2D eigenvalue weighted by atomic mass is 9.97. The number of aromatic nitrogens is 1. The molecule has 0 amide bonds. The molecule has 4 aromatic rings. The van der Waals surface area contributed by atoms with Crippen LogP contribution < -0.4 is 29.1 Å². The molecule has 0 bridgehead atoms. The van der Waals surface area contributed by atoms with Gasteiger partial charge in [0.1, 0.15) is 12.4 Å². The molecule has 0 saturated carbocycles. The normalized spacial score (nSPS) is 14.2. The first kappa shape index (κ1) is 33.4. The van der Waals surface area contributed by atoms with Crippen LogP contribution in [0.5, 0.6) is 17.2 Å². The van der Waals surface area contributed by atoms with Crippen LogP contribution in [0.3, 0.4) is 0 Å². The molecule has 1 aliphatic heterocycles. The van der Waals surface area contributed by atoms with Crippen LogP contribution in [0, 0.1) is 3.57 Å². The maximum atomic E-state index is 14.0. The van der Waals surface area contributed by atoms with Crippen molar-refractivity contribution in [2.75, 3.05) is 20.3 Å². The third-order valence-corrected chi connectivity index (χ3v) is 9.30. The first-order valence-corrected chi connectivity index (χ1v) is 16.8. The average molecular weight is 819 g/mol. The van der Waals surface area contributed by atoms with Gasteiger partial charge in [-0.1, -0.05) is 29.5 Å². The molecule has 0 saturated heterocycles. The molecular formula is C33H28BrIN2O8S. The minimum Gasteiger partial charge on any atom is -0.490 e. The number of hydrogen-bond acceptors (Lipinski definition) is 9. The molecule has 1 atom stereocenters. The highest BCUT2D eigenvalue weighted by atomic mass is 127. The predicted molar refractivity (Wildman–Crippen MR) is 185 cm³/mol. The number of hydrogen-bond donors (Lipinski definition) is 1. The monoisotopic (exact) mass is 818 g/mol. The average Bonchev–Trinajstić information content (AvgIpc) is 3.35. The van der Waals surface area contributed by atoms with E-state index in [2.05, 4.69) is 43.5 Å². The van der Waals surface area contributed by atoms with Crippen molar-refractivity contribution in [3.63, 3.8) is 0 Å². The van der Waals surface area contributed by atoms with E-state index >= 15 is 0 Å². The van der Waals surface area contributed by atoms with Gasteiger partial charge in [-0.15, -0.1) is 0 Å². The molecule has 0 aliphatic carbocycles. The smallest absolute Gasteiger partial charge is 0.337 e. The second kappa shape index (κ2) is 14.6. The quantitative estimate of drug-likeness (QED) is 0.156. The maximum Gasteiger partial charge on any atom is 0.337 e. The Hall–Kier alpha value is -3.95. The Kier molecular flexibility index (Phi) is 10.6. The van der Waals surface area contributed by atoms with Gasteiger partial charge >= 0.3 is 11.9 Å². The second-order valence-corrected chi connectivity index (χ2v) is 12.9. The van der Waals surface area contributed by atoms with Crippen molar-refractivity contribution in [1.29, 1.82) is 0 Å². The van der Waals surface area contributed by atoms with Gasteiger partial charge in [-0.2, -0.15) is 0 Å². The van der Waals surface area contributed by atoms with Gasteiger partial charge in [-0.25, -0.2) is 14.6 Å². The zero-order valence-electron chi connectivity index (χ0n) is 24.9. The summed E-state index contributed by atoms with van der Waals surface area (Å²) in [4.78, 5) is 42.9. The molecular weight excluding hydrogens is 791 g/mol. The van der Waals surface area contributed by atoms with Gasteiger partial charge in [0, 0.05) is 6.20 Å². The number of fused-ring (bicyclic) bond motifs is 1. The van der Waals surface area contributed by atoms with E-state index < -0.39 is 18.0 Å². The number of nitrogens with zero attached hydrogens (tertiary/aromatic N) is 2. The van der Waals surface area contributed by atoms with Crippen molar-refractivity contribution >= 4 is 67.9 Å². The number of carboxylic acids is 1. The van der Waals surface area contributed by atoms with Crippen molar-refractivity contribution in [2.24, 2.45) is 4.99 Å². The Labute approximate surface area is 289 Å². The fraction of sp³-hybridized carbons (Fsp3) is 0.212. The standard InChI is InChI=1S/C33H28BrIN2O8S/c1-4-43-25-11-10-21(15-26(25)44-5-2)28-22(32(41)42-3)16-36-33-37(28)30(38)27(46-33)14-19-12-23(34)29(24(35)13-19)45-17-18-6-8-20(9-7-18)31(39)40/h6-16,28H,4-5,17H2,1-3H3,(H,39,40)/b27-14-/t28-/m1/s1. The number of methoxy groups -OCH3 is 1. The van der Waals surface area contributed by atoms with Crippen molar-refractivity contribution in [3.8, 4) is 17.2 Å². The summed E-state index contributed by atoms with van der Waals surface area (Å²) in [6.07, 6.45) is 3.22. The molecule has 0 radical (unpaired) electrons. The lowest BCUT2D eigenvalue weighted by Gasteiger charge is -2.23. The molecule has 46 heavy (non-hydrogen) atoms. The van der Waals surface area contributed by atoms with Gasteiger partial charge in [-0.05, 0) is 112 Å². The Bertz CT molecular complexity index is 2000. The molecule has 2 heterocycles. The minimum absolute atomic E-state index is 0.205. The molecule has 1 aliphatic rings. The minimum atomic E-state index is -0.987. The Morgan fingerprint density at radius 2 is 1.76 bits per heavy atom. The van der Waals surface area contributed by atoms with E-state index in [-0.39, 0.29) is 23.3 Å². The molecule has 1 N–H and O–H groups in total. The van der Waals surface area contributed by atoms with Crippen LogP contribution in [-0.4, -0.2) is 41.9 Å². The number of halogens is 2. The summed E-state index contributed by atoms with van der Waals surface area (Å²) in [5.41, 5.74) is 2.32. The van der Waals surface area contributed by atoms with E-state index in [1.807, 2.05) is 26.0 Å². The lowest BCUT2D eigenvalue weighted by Crippen LogP contribution is -2.39. The van der Waals surface area contributed by atoms with Gasteiger partial charge in [0.05, 0.1) is 50.1 Å². The molecule has 3 aromatic carbocycles. The van der Waals surface area contributed by atoms with Gasteiger partial charge in [-0.3, -0.25) is 9.36 Å². The SMILES string of the molecule is CCOc1ccc([C@@H]2C(C(=O)OC)=CN=c3s/c(=C\c4cc(Br)c(OCc5ccc(C(=O)O)cc5)c(I)c4)c(=O)n32)cc1OCC. The Morgan fingerprint density at radius 3 is 2.41 bits per heavy atom. The topological polar surface area (TPSA) is 126 Å². The van der Waals surface area contributed by atoms with Crippen molar-refractivity contribution in [2.45, 2.75) is 26.5 Å². The first-order valence-electron chi connectivity index (χ1n) is 14.1. The van der Waals surface area contributed by atoms with Gasteiger partial charge in [0.2, 0.25) is 0 Å². The number of aromatic carboxylic acids is 1. The van der Waals surface area contributed by atoms with Crippen LogP contribution in [0.1, 0.15) is 46.9 Å². The van der Waals surface area contributed by atoms with E-state index in [4.69, 9.17) is 24.1 Å². The fourth-order valence-corrected chi connectivity index (χ4v) is 7.58. The molecule has 0 unspecified atom stereocenters. The molecule has 1 aromatic heterocycles. The third kappa shape index (κ3) is 7.05.